The molecule has 2 rings (SSSR count). The number of amides is 1. The number of anilines is 2. The topological polar surface area (TPSA) is 90.1 Å². The highest BCUT2D eigenvalue weighted by atomic mass is 35.5. The third-order valence-corrected chi connectivity index (χ3v) is 2.39. The summed E-state index contributed by atoms with van der Waals surface area (Å²) in [5.41, 5.74) is 5.99. The maximum absolute atomic E-state index is 11.1. The number of para-hydroxylation sites is 2. The molecule has 0 spiro atoms. The second-order valence-corrected chi connectivity index (χ2v) is 4.07. The van der Waals surface area contributed by atoms with E-state index in [0.717, 1.165) is 0 Å². The van der Waals surface area contributed by atoms with Gasteiger partial charge in [-0.3, -0.25) is 4.79 Å². The number of carbonyl (C=O) groups is 1. The zero-order chi connectivity index (χ0) is 13.8. The van der Waals surface area contributed by atoms with E-state index in [-0.39, 0.29) is 22.8 Å². The predicted molar refractivity (Wildman–Crippen MR) is 72.3 cm³/mol. The maximum Gasteiger partial charge on any atom is 0.243 e. The molecule has 1 amide bonds. The molecule has 7 heteroatoms. The molecule has 0 saturated carbocycles. The van der Waals surface area contributed by atoms with Crippen LogP contribution >= 0.6 is 11.6 Å². The Morgan fingerprint density at radius 3 is 2.89 bits per heavy atom. The van der Waals surface area contributed by atoms with Gasteiger partial charge in [-0.05, 0) is 12.1 Å². The SMILES string of the molecule is CC(=O)Nc1ccccc1Oc1nc(N)ncc1Cl. The highest BCUT2D eigenvalue weighted by Gasteiger charge is 2.10. The number of ether oxygens (including phenoxy) is 1. The minimum Gasteiger partial charge on any atom is -0.435 e. The number of halogens is 1. The van der Waals surface area contributed by atoms with Gasteiger partial charge < -0.3 is 15.8 Å². The van der Waals surface area contributed by atoms with Crippen molar-refractivity contribution in [2.24, 2.45) is 0 Å². The van der Waals surface area contributed by atoms with Gasteiger partial charge in [0.15, 0.2) is 5.75 Å². The van der Waals surface area contributed by atoms with E-state index in [2.05, 4.69) is 15.3 Å². The van der Waals surface area contributed by atoms with Gasteiger partial charge in [0.25, 0.3) is 0 Å². The van der Waals surface area contributed by atoms with E-state index >= 15 is 0 Å². The van der Waals surface area contributed by atoms with Crippen LogP contribution in [0.1, 0.15) is 6.92 Å². The summed E-state index contributed by atoms with van der Waals surface area (Å²) in [4.78, 5) is 18.7. The first kappa shape index (κ1) is 13.1. The predicted octanol–water partition coefficient (Wildman–Crippen LogP) is 2.46. The molecule has 98 valence electrons. The first-order chi connectivity index (χ1) is 9.06. The number of rotatable bonds is 3. The first-order valence-corrected chi connectivity index (χ1v) is 5.76. The van der Waals surface area contributed by atoms with Crippen LogP contribution in [-0.4, -0.2) is 15.9 Å². The Labute approximate surface area is 114 Å². The minimum atomic E-state index is -0.204. The number of hydrogen-bond acceptors (Lipinski definition) is 5. The number of benzene rings is 1. The van der Waals surface area contributed by atoms with Gasteiger partial charge in [0, 0.05) is 6.92 Å². The van der Waals surface area contributed by atoms with E-state index < -0.39 is 0 Å². The van der Waals surface area contributed by atoms with Crippen LogP contribution in [0.4, 0.5) is 11.6 Å². The van der Waals surface area contributed by atoms with Gasteiger partial charge in [0.1, 0.15) is 5.02 Å². The number of nitrogens with one attached hydrogen (secondary N) is 1. The van der Waals surface area contributed by atoms with Crippen LogP contribution in [0, 0.1) is 0 Å². The summed E-state index contributed by atoms with van der Waals surface area (Å²) in [6.07, 6.45) is 1.35. The van der Waals surface area contributed by atoms with Gasteiger partial charge in [0.2, 0.25) is 17.7 Å². The lowest BCUT2D eigenvalue weighted by Gasteiger charge is -2.11. The fourth-order valence-electron chi connectivity index (χ4n) is 1.39. The fourth-order valence-corrected chi connectivity index (χ4v) is 1.52. The third-order valence-electron chi connectivity index (χ3n) is 2.13. The molecule has 1 heterocycles. The lowest BCUT2D eigenvalue weighted by Crippen LogP contribution is -2.07. The molecule has 0 aliphatic carbocycles. The second-order valence-electron chi connectivity index (χ2n) is 3.66. The molecule has 0 aliphatic heterocycles. The molecule has 0 radical (unpaired) electrons. The summed E-state index contributed by atoms with van der Waals surface area (Å²) in [5, 5.41) is 2.87. The van der Waals surface area contributed by atoms with Crippen molar-refractivity contribution in [3.8, 4) is 11.6 Å². The lowest BCUT2D eigenvalue weighted by molar-refractivity contribution is -0.114. The minimum absolute atomic E-state index is 0.0522. The smallest absolute Gasteiger partial charge is 0.243 e. The monoisotopic (exact) mass is 278 g/mol. The van der Waals surface area contributed by atoms with Crippen LogP contribution in [0.2, 0.25) is 5.02 Å². The quantitative estimate of drug-likeness (QED) is 0.900. The average Bonchev–Trinajstić information content (AvgIpc) is 2.35. The molecule has 0 saturated heterocycles. The number of nitrogens with zero attached hydrogens (tertiary/aromatic N) is 2. The molecule has 0 bridgehead atoms. The van der Waals surface area contributed by atoms with Crippen molar-refractivity contribution in [3.05, 3.63) is 35.5 Å². The Morgan fingerprint density at radius 1 is 1.42 bits per heavy atom. The summed E-state index contributed by atoms with van der Waals surface area (Å²) >= 11 is 5.91. The van der Waals surface area contributed by atoms with Crippen molar-refractivity contribution in [1.29, 1.82) is 0 Å². The highest BCUT2D eigenvalue weighted by molar-refractivity contribution is 6.31. The molecular weight excluding hydrogens is 268 g/mol. The number of nitrogens with two attached hydrogens (primary N) is 1. The second kappa shape index (κ2) is 5.53. The first-order valence-electron chi connectivity index (χ1n) is 5.39. The summed E-state index contributed by atoms with van der Waals surface area (Å²) in [7, 11) is 0. The van der Waals surface area contributed by atoms with Gasteiger partial charge in [-0.1, -0.05) is 23.7 Å². The Bertz CT molecular complexity index is 618. The van der Waals surface area contributed by atoms with E-state index in [1.165, 1.54) is 13.1 Å². The molecule has 19 heavy (non-hydrogen) atoms. The van der Waals surface area contributed by atoms with Crippen molar-refractivity contribution >= 4 is 29.1 Å². The summed E-state index contributed by atoms with van der Waals surface area (Å²) in [6, 6.07) is 6.92. The Balaban J connectivity index is 2.32. The number of aromatic nitrogens is 2. The van der Waals surface area contributed by atoms with E-state index in [0.29, 0.717) is 11.4 Å². The average molecular weight is 279 g/mol. The number of carbonyl (C=O) groups excluding carboxylic acids is 1. The number of nitrogen functional groups attached to an aromatic ring is 1. The molecule has 0 unspecified atom stereocenters. The lowest BCUT2D eigenvalue weighted by atomic mass is 10.3. The summed E-state index contributed by atoms with van der Waals surface area (Å²) in [6.45, 7) is 1.41. The van der Waals surface area contributed by atoms with Crippen LogP contribution in [0.3, 0.4) is 0 Å². The van der Waals surface area contributed by atoms with E-state index in [4.69, 9.17) is 22.1 Å². The van der Waals surface area contributed by atoms with Gasteiger partial charge >= 0.3 is 0 Å². The van der Waals surface area contributed by atoms with Crippen molar-refractivity contribution in [2.45, 2.75) is 6.92 Å². The Kier molecular flexibility index (Phi) is 3.82. The number of hydrogen-bond donors (Lipinski definition) is 2. The van der Waals surface area contributed by atoms with Gasteiger partial charge in [0.05, 0.1) is 11.9 Å². The zero-order valence-electron chi connectivity index (χ0n) is 10.1. The van der Waals surface area contributed by atoms with E-state index in [9.17, 15) is 4.79 Å². The maximum atomic E-state index is 11.1. The van der Waals surface area contributed by atoms with Crippen molar-refractivity contribution in [2.75, 3.05) is 11.1 Å². The molecule has 0 aliphatic rings. The molecule has 1 aromatic carbocycles. The van der Waals surface area contributed by atoms with Crippen LogP contribution in [-0.2, 0) is 4.79 Å². The van der Waals surface area contributed by atoms with Crippen LogP contribution in [0.25, 0.3) is 0 Å². The molecule has 6 nitrogen and oxygen atoms in total. The molecule has 2 aromatic rings. The fraction of sp³-hybridized carbons (Fsp3) is 0.0833. The van der Waals surface area contributed by atoms with Crippen molar-refractivity contribution in [1.82, 2.24) is 9.97 Å². The van der Waals surface area contributed by atoms with Crippen LogP contribution in [0.15, 0.2) is 30.5 Å². The molecule has 0 fully saturated rings. The summed E-state index contributed by atoms with van der Waals surface area (Å²) < 4.78 is 5.54. The zero-order valence-corrected chi connectivity index (χ0v) is 10.8. The van der Waals surface area contributed by atoms with Gasteiger partial charge in [-0.25, -0.2) is 4.98 Å². The van der Waals surface area contributed by atoms with E-state index in [1.807, 2.05) is 0 Å². The molecule has 1 aromatic heterocycles. The van der Waals surface area contributed by atoms with Crippen molar-refractivity contribution < 1.29 is 9.53 Å². The van der Waals surface area contributed by atoms with Crippen molar-refractivity contribution in [3.63, 3.8) is 0 Å². The van der Waals surface area contributed by atoms with Gasteiger partial charge in [-0.2, -0.15) is 4.98 Å². The normalized spacial score (nSPS) is 10.0. The van der Waals surface area contributed by atoms with E-state index in [1.54, 1.807) is 24.3 Å². The molecule has 0 atom stereocenters. The Hall–Kier alpha value is -2.34. The highest BCUT2D eigenvalue weighted by Crippen LogP contribution is 2.31. The largest absolute Gasteiger partial charge is 0.435 e. The standard InChI is InChI=1S/C12H11ClN4O2/c1-7(18)16-9-4-2-3-5-10(9)19-11-8(13)6-15-12(14)17-11/h2-6H,1H3,(H,16,18)(H2,14,15,17). The Morgan fingerprint density at radius 2 is 2.16 bits per heavy atom. The van der Waals surface area contributed by atoms with Gasteiger partial charge in [-0.15, -0.1) is 0 Å². The molecule has 3 N–H and O–H groups in total. The summed E-state index contributed by atoms with van der Waals surface area (Å²) in [5.74, 6) is 0.394. The third kappa shape index (κ3) is 3.32. The van der Waals surface area contributed by atoms with Crippen LogP contribution in [0.5, 0.6) is 11.6 Å². The van der Waals surface area contributed by atoms with Crippen LogP contribution < -0.4 is 15.8 Å². The molecular formula is C12H11ClN4O2.